The molecule has 106 valence electrons. The third-order valence-corrected chi connectivity index (χ3v) is 4.67. The van der Waals surface area contributed by atoms with Gasteiger partial charge in [-0.25, -0.2) is 0 Å². The number of carbonyl (C=O) groups is 1. The van der Waals surface area contributed by atoms with Crippen molar-refractivity contribution in [1.82, 2.24) is 0 Å². The molecule has 1 aromatic carbocycles. The van der Waals surface area contributed by atoms with Gasteiger partial charge in [-0.15, -0.1) is 0 Å². The third-order valence-electron chi connectivity index (χ3n) is 3.87. The molecule has 1 aromatic rings. The fourth-order valence-electron chi connectivity index (χ4n) is 2.99. The van der Waals surface area contributed by atoms with Gasteiger partial charge in [-0.1, -0.05) is 29.3 Å². The number of nitrogens with zero attached hydrogens (tertiary/aromatic N) is 2. The Bertz CT molecular complexity index is 633. The molecule has 1 aliphatic heterocycles. The molecule has 20 heavy (non-hydrogen) atoms. The van der Waals surface area contributed by atoms with Gasteiger partial charge in [-0.2, -0.15) is 5.26 Å². The molecule has 0 bridgehead atoms. The summed E-state index contributed by atoms with van der Waals surface area (Å²) in [6, 6.07) is 5.79. The van der Waals surface area contributed by atoms with Crippen LogP contribution >= 0.6 is 23.2 Å². The minimum absolute atomic E-state index is 0.0556. The Hall–Kier alpha value is -1.24. The fourth-order valence-corrected chi connectivity index (χ4v) is 3.44. The van der Waals surface area contributed by atoms with Gasteiger partial charge in [0.2, 0.25) is 5.91 Å². The van der Waals surface area contributed by atoms with Crippen molar-refractivity contribution in [3.8, 4) is 6.07 Å². The molecular weight excluding hydrogens is 295 g/mol. The molecule has 0 aliphatic carbocycles. The van der Waals surface area contributed by atoms with E-state index >= 15 is 0 Å². The lowest BCUT2D eigenvalue weighted by atomic mass is 9.71. The molecule has 5 heteroatoms. The smallest absolute Gasteiger partial charge is 0.237 e. The zero-order valence-corrected chi connectivity index (χ0v) is 13.4. The van der Waals surface area contributed by atoms with Gasteiger partial charge in [0.1, 0.15) is 0 Å². The number of carbonyl (C=O) groups excluding carboxylic acids is 1. The maximum atomic E-state index is 12.7. The highest BCUT2D eigenvalue weighted by Crippen LogP contribution is 2.51. The minimum atomic E-state index is -0.752. The Morgan fingerprint density at radius 3 is 2.55 bits per heavy atom. The van der Waals surface area contributed by atoms with E-state index < -0.39 is 10.8 Å². The Morgan fingerprint density at radius 1 is 1.40 bits per heavy atom. The van der Waals surface area contributed by atoms with Crippen molar-refractivity contribution in [3.05, 3.63) is 27.7 Å². The Labute approximate surface area is 129 Å². The first-order valence-corrected chi connectivity index (χ1v) is 7.07. The number of halogens is 2. The lowest BCUT2D eigenvalue weighted by Gasteiger charge is -2.29. The van der Waals surface area contributed by atoms with Gasteiger partial charge in [-0.3, -0.25) is 4.79 Å². The van der Waals surface area contributed by atoms with E-state index in [9.17, 15) is 10.1 Å². The highest BCUT2D eigenvalue weighted by atomic mass is 35.5. The summed E-state index contributed by atoms with van der Waals surface area (Å²) in [6.45, 7) is 5.53. The first kappa shape index (κ1) is 15.2. The van der Waals surface area contributed by atoms with Crippen LogP contribution in [0.4, 0.5) is 5.69 Å². The van der Waals surface area contributed by atoms with Crippen molar-refractivity contribution in [2.45, 2.75) is 32.6 Å². The van der Waals surface area contributed by atoms with Crippen molar-refractivity contribution < 1.29 is 4.79 Å². The molecule has 0 N–H and O–H groups in total. The number of hydrogen-bond donors (Lipinski definition) is 0. The first-order valence-electron chi connectivity index (χ1n) is 6.32. The maximum absolute atomic E-state index is 12.7. The molecule has 2 rings (SSSR count). The van der Waals surface area contributed by atoms with Crippen molar-refractivity contribution >= 4 is 34.8 Å². The summed E-state index contributed by atoms with van der Waals surface area (Å²) in [5, 5.41) is 10.1. The van der Waals surface area contributed by atoms with Crippen LogP contribution in [-0.4, -0.2) is 13.0 Å². The van der Waals surface area contributed by atoms with Gasteiger partial charge in [0, 0.05) is 7.05 Å². The summed E-state index contributed by atoms with van der Waals surface area (Å²) < 4.78 is 0. The Kier molecular flexibility index (Phi) is 3.52. The van der Waals surface area contributed by atoms with E-state index in [2.05, 4.69) is 6.07 Å². The molecule has 0 saturated heterocycles. The van der Waals surface area contributed by atoms with Crippen LogP contribution < -0.4 is 4.90 Å². The molecule has 1 aliphatic rings. The van der Waals surface area contributed by atoms with Crippen LogP contribution in [0.5, 0.6) is 0 Å². The van der Waals surface area contributed by atoms with Crippen LogP contribution in [0.15, 0.2) is 12.1 Å². The standard InChI is InChI=1S/C15H16Cl2N2O/c1-14(2,8-18)7-15(3)9-5-6-10(16)11(17)12(9)19(4)13(15)20/h5-6H,7H2,1-4H3/t15-/m0/s1. The largest absolute Gasteiger partial charge is 0.313 e. The van der Waals surface area contributed by atoms with Crippen LogP contribution in [-0.2, 0) is 10.2 Å². The summed E-state index contributed by atoms with van der Waals surface area (Å²) in [5.41, 5.74) is 0.138. The molecule has 0 fully saturated rings. The molecule has 0 unspecified atom stereocenters. The molecule has 0 aromatic heterocycles. The van der Waals surface area contributed by atoms with E-state index in [0.717, 1.165) is 5.56 Å². The van der Waals surface area contributed by atoms with Gasteiger partial charge in [0.15, 0.2) is 0 Å². The SMILES string of the molecule is CN1C(=O)[C@@](C)(CC(C)(C)C#N)c2ccc(Cl)c(Cl)c21. The topological polar surface area (TPSA) is 44.1 Å². The lowest BCUT2D eigenvalue weighted by molar-refractivity contribution is -0.123. The van der Waals surface area contributed by atoms with Gasteiger partial charge in [0.25, 0.3) is 0 Å². The number of fused-ring (bicyclic) bond motifs is 1. The van der Waals surface area contributed by atoms with Crippen LogP contribution in [0.1, 0.15) is 32.8 Å². The number of likely N-dealkylation sites (N-methyl/N-ethyl adjacent to an activating group) is 1. The molecule has 0 saturated carbocycles. The number of anilines is 1. The third kappa shape index (κ3) is 2.08. The van der Waals surface area contributed by atoms with Crippen molar-refractivity contribution in [2.24, 2.45) is 5.41 Å². The predicted molar refractivity (Wildman–Crippen MR) is 81.2 cm³/mol. The molecule has 1 heterocycles. The van der Waals surface area contributed by atoms with Crippen molar-refractivity contribution in [2.75, 3.05) is 11.9 Å². The summed E-state index contributed by atoms with van der Waals surface area (Å²) in [4.78, 5) is 14.2. The average Bonchev–Trinajstić information content (AvgIpc) is 2.56. The molecular formula is C15H16Cl2N2O. The quantitative estimate of drug-likeness (QED) is 0.823. The maximum Gasteiger partial charge on any atom is 0.237 e. The zero-order valence-electron chi connectivity index (χ0n) is 11.9. The van der Waals surface area contributed by atoms with Gasteiger partial charge in [0.05, 0.1) is 32.6 Å². The molecule has 0 radical (unpaired) electrons. The van der Waals surface area contributed by atoms with E-state index in [4.69, 9.17) is 23.2 Å². The molecule has 1 atom stereocenters. The Balaban J connectivity index is 2.63. The fraction of sp³-hybridized carbons (Fsp3) is 0.467. The van der Waals surface area contributed by atoms with E-state index in [1.54, 1.807) is 13.1 Å². The van der Waals surface area contributed by atoms with Gasteiger partial charge < -0.3 is 4.90 Å². The number of hydrogen-bond acceptors (Lipinski definition) is 2. The highest BCUT2D eigenvalue weighted by molar-refractivity contribution is 6.44. The number of nitriles is 1. The second-order valence-electron chi connectivity index (χ2n) is 6.13. The molecule has 3 nitrogen and oxygen atoms in total. The summed E-state index contributed by atoms with van der Waals surface area (Å²) in [5.74, 6) is -0.0556. The molecule has 0 spiro atoms. The number of benzene rings is 1. The van der Waals surface area contributed by atoms with Crippen LogP contribution in [0.25, 0.3) is 0 Å². The Morgan fingerprint density at radius 2 is 2.00 bits per heavy atom. The van der Waals surface area contributed by atoms with Crippen molar-refractivity contribution in [1.29, 1.82) is 5.26 Å². The summed E-state index contributed by atoms with van der Waals surface area (Å²) in [7, 11) is 1.69. The number of rotatable bonds is 2. The van der Waals surface area contributed by atoms with Gasteiger partial charge >= 0.3 is 0 Å². The van der Waals surface area contributed by atoms with Crippen molar-refractivity contribution in [3.63, 3.8) is 0 Å². The van der Waals surface area contributed by atoms with E-state index in [-0.39, 0.29) is 5.91 Å². The minimum Gasteiger partial charge on any atom is -0.313 e. The van der Waals surface area contributed by atoms with Gasteiger partial charge in [-0.05, 0) is 38.8 Å². The lowest BCUT2D eigenvalue weighted by Crippen LogP contribution is -2.39. The normalized spacial score (nSPS) is 21.9. The van der Waals surface area contributed by atoms with E-state index in [0.29, 0.717) is 22.2 Å². The van der Waals surface area contributed by atoms with E-state index in [1.807, 2.05) is 26.8 Å². The number of amides is 1. The van der Waals surface area contributed by atoms with E-state index in [1.165, 1.54) is 4.90 Å². The van der Waals surface area contributed by atoms with Crippen LogP contribution in [0, 0.1) is 16.7 Å². The van der Waals surface area contributed by atoms with Crippen LogP contribution in [0.2, 0.25) is 10.0 Å². The average molecular weight is 311 g/mol. The predicted octanol–water partition coefficient (Wildman–Crippen LogP) is 4.17. The second kappa shape index (κ2) is 4.65. The second-order valence-corrected chi connectivity index (χ2v) is 6.91. The monoisotopic (exact) mass is 310 g/mol. The van der Waals surface area contributed by atoms with Crippen LogP contribution in [0.3, 0.4) is 0 Å². The summed E-state index contributed by atoms with van der Waals surface area (Å²) in [6.07, 6.45) is 0.435. The first-order chi connectivity index (χ1) is 9.14. The molecule has 1 amide bonds. The summed E-state index contributed by atoms with van der Waals surface area (Å²) >= 11 is 12.3. The zero-order chi connectivity index (χ0) is 15.3. The highest BCUT2D eigenvalue weighted by Gasteiger charge is 2.49.